The number of rotatable bonds is 7. The van der Waals surface area contributed by atoms with Gasteiger partial charge < -0.3 is 20.1 Å². The fraction of sp³-hybridized carbons (Fsp3) is 0.500. The third-order valence-electron chi connectivity index (χ3n) is 4.46. The lowest BCUT2D eigenvalue weighted by Crippen LogP contribution is -2.46. The predicted octanol–water partition coefficient (Wildman–Crippen LogP) is 1.84. The summed E-state index contributed by atoms with van der Waals surface area (Å²) in [4.78, 5) is 8.56. The highest BCUT2D eigenvalue weighted by molar-refractivity contribution is 5.80. The topological polar surface area (TPSA) is 85.6 Å². The van der Waals surface area contributed by atoms with Crippen LogP contribution in [0.2, 0.25) is 0 Å². The summed E-state index contributed by atoms with van der Waals surface area (Å²) in [5, 5.41) is 10.6. The molecule has 1 aliphatic heterocycles. The number of hydrogen-bond acceptors (Lipinski definition) is 5. The molecule has 0 fully saturated rings. The SMILES string of the molecule is CN=C(NCc1c(F)cccc1OC(F)F)NC1CCc2nc(COC)nn2C1. The fourth-order valence-corrected chi connectivity index (χ4v) is 3.15. The highest BCUT2D eigenvalue weighted by atomic mass is 19.3. The molecule has 0 saturated carbocycles. The molecule has 2 aromatic rings. The molecule has 0 spiro atoms. The third-order valence-corrected chi connectivity index (χ3v) is 4.46. The summed E-state index contributed by atoms with van der Waals surface area (Å²) in [5.41, 5.74) is 0.00200. The van der Waals surface area contributed by atoms with Crippen molar-refractivity contribution in [3.63, 3.8) is 0 Å². The summed E-state index contributed by atoms with van der Waals surface area (Å²) in [5.74, 6) is 1.11. The van der Waals surface area contributed by atoms with Crippen molar-refractivity contribution in [1.29, 1.82) is 0 Å². The molecule has 11 heteroatoms. The van der Waals surface area contributed by atoms with Crippen LogP contribution in [0.5, 0.6) is 5.75 Å². The maximum absolute atomic E-state index is 14.1. The highest BCUT2D eigenvalue weighted by Crippen LogP contribution is 2.23. The highest BCUT2D eigenvalue weighted by Gasteiger charge is 2.22. The molecule has 1 aromatic heterocycles. The molecular weight excluding hydrogens is 389 g/mol. The quantitative estimate of drug-likeness (QED) is 0.533. The Balaban J connectivity index is 1.61. The first-order valence-corrected chi connectivity index (χ1v) is 9.11. The van der Waals surface area contributed by atoms with Crippen molar-refractivity contribution in [2.75, 3.05) is 14.2 Å². The Kier molecular flexibility index (Phi) is 6.91. The largest absolute Gasteiger partial charge is 0.434 e. The maximum Gasteiger partial charge on any atom is 0.387 e. The molecule has 29 heavy (non-hydrogen) atoms. The first-order chi connectivity index (χ1) is 14.0. The Bertz CT molecular complexity index is 858. The van der Waals surface area contributed by atoms with Gasteiger partial charge in [-0.3, -0.25) is 4.99 Å². The van der Waals surface area contributed by atoms with Crippen molar-refractivity contribution in [2.24, 2.45) is 4.99 Å². The number of fused-ring (bicyclic) bond motifs is 1. The molecule has 158 valence electrons. The number of benzene rings is 1. The van der Waals surface area contributed by atoms with Gasteiger partial charge in [-0.1, -0.05) is 6.07 Å². The van der Waals surface area contributed by atoms with Crippen LogP contribution in [0.15, 0.2) is 23.2 Å². The lowest BCUT2D eigenvalue weighted by atomic mass is 10.1. The number of alkyl halides is 2. The molecule has 0 saturated heterocycles. The van der Waals surface area contributed by atoms with E-state index in [1.807, 2.05) is 4.68 Å². The first kappa shape index (κ1) is 20.9. The Morgan fingerprint density at radius 3 is 2.97 bits per heavy atom. The van der Waals surface area contributed by atoms with Gasteiger partial charge in [0.05, 0.1) is 6.54 Å². The predicted molar refractivity (Wildman–Crippen MR) is 99.2 cm³/mol. The van der Waals surface area contributed by atoms with Crippen molar-refractivity contribution in [3.8, 4) is 5.75 Å². The standard InChI is InChI=1S/C18H23F3N6O2/c1-22-18(23-8-12-13(19)4-3-5-14(12)29-17(20)21)24-11-6-7-16-25-15(10-28-2)26-27(16)9-11/h3-5,11,17H,6-10H2,1-2H3,(H2,22,23,24). The van der Waals surface area contributed by atoms with Crippen LogP contribution in [0.25, 0.3) is 0 Å². The summed E-state index contributed by atoms with van der Waals surface area (Å²) in [6, 6.07) is 3.84. The number of methoxy groups -OCH3 is 1. The fourth-order valence-electron chi connectivity index (χ4n) is 3.15. The second kappa shape index (κ2) is 9.59. The number of guanidine groups is 1. The average molecular weight is 412 g/mol. The van der Waals surface area contributed by atoms with Gasteiger partial charge in [0.1, 0.15) is 24.0 Å². The first-order valence-electron chi connectivity index (χ1n) is 9.11. The van der Waals surface area contributed by atoms with Crippen LogP contribution in [-0.4, -0.2) is 47.5 Å². The van der Waals surface area contributed by atoms with Crippen molar-refractivity contribution in [1.82, 2.24) is 25.4 Å². The molecule has 0 amide bonds. The molecule has 0 bridgehead atoms. The molecule has 1 atom stereocenters. The molecule has 3 rings (SSSR count). The molecule has 1 unspecified atom stereocenters. The van der Waals surface area contributed by atoms with E-state index < -0.39 is 12.4 Å². The van der Waals surface area contributed by atoms with Gasteiger partial charge in [0.2, 0.25) is 0 Å². The lowest BCUT2D eigenvalue weighted by Gasteiger charge is -2.25. The molecule has 0 aliphatic carbocycles. The number of nitrogens with zero attached hydrogens (tertiary/aromatic N) is 4. The summed E-state index contributed by atoms with van der Waals surface area (Å²) < 4.78 is 50.5. The average Bonchev–Trinajstić information content (AvgIpc) is 3.08. The molecule has 0 radical (unpaired) electrons. The van der Waals surface area contributed by atoms with E-state index in [0.717, 1.165) is 18.7 Å². The van der Waals surface area contributed by atoms with E-state index in [9.17, 15) is 13.2 Å². The smallest absolute Gasteiger partial charge is 0.387 e. The molecule has 1 aliphatic rings. The zero-order valence-corrected chi connectivity index (χ0v) is 16.2. The van der Waals surface area contributed by atoms with Gasteiger partial charge >= 0.3 is 6.61 Å². The summed E-state index contributed by atoms with van der Waals surface area (Å²) in [6.45, 7) is -2.15. The number of aliphatic imine (C=N–C) groups is 1. The van der Waals surface area contributed by atoms with Gasteiger partial charge in [0.15, 0.2) is 11.8 Å². The van der Waals surface area contributed by atoms with Gasteiger partial charge in [-0.05, 0) is 18.6 Å². The van der Waals surface area contributed by atoms with E-state index >= 15 is 0 Å². The summed E-state index contributed by atoms with van der Waals surface area (Å²) >= 11 is 0. The van der Waals surface area contributed by atoms with Crippen LogP contribution in [0.1, 0.15) is 23.6 Å². The normalized spacial score (nSPS) is 16.6. The number of aromatic nitrogens is 3. The summed E-state index contributed by atoms with van der Waals surface area (Å²) in [6.07, 6.45) is 1.55. The maximum atomic E-state index is 14.1. The van der Waals surface area contributed by atoms with Crippen molar-refractivity contribution in [2.45, 2.75) is 45.2 Å². The van der Waals surface area contributed by atoms with E-state index in [1.54, 1.807) is 14.2 Å². The van der Waals surface area contributed by atoms with E-state index in [0.29, 0.717) is 24.9 Å². The molecule has 2 heterocycles. The van der Waals surface area contributed by atoms with Crippen molar-refractivity contribution >= 4 is 5.96 Å². The lowest BCUT2D eigenvalue weighted by molar-refractivity contribution is -0.0506. The molecular formula is C18H23F3N6O2. The second-order valence-corrected chi connectivity index (χ2v) is 6.46. The van der Waals surface area contributed by atoms with Crippen LogP contribution < -0.4 is 15.4 Å². The van der Waals surface area contributed by atoms with Crippen LogP contribution in [0.3, 0.4) is 0 Å². The van der Waals surface area contributed by atoms with Crippen LogP contribution >= 0.6 is 0 Å². The zero-order valence-electron chi connectivity index (χ0n) is 16.2. The summed E-state index contributed by atoms with van der Waals surface area (Å²) in [7, 11) is 3.17. The minimum Gasteiger partial charge on any atom is -0.434 e. The number of halogens is 3. The second-order valence-electron chi connectivity index (χ2n) is 6.46. The Hall–Kier alpha value is -2.82. The van der Waals surface area contributed by atoms with Gasteiger partial charge in [-0.15, -0.1) is 0 Å². The van der Waals surface area contributed by atoms with Gasteiger partial charge in [0.25, 0.3) is 0 Å². The van der Waals surface area contributed by atoms with Crippen LogP contribution in [-0.2, 0) is 30.9 Å². The molecule has 2 N–H and O–H groups in total. The van der Waals surface area contributed by atoms with E-state index in [2.05, 4.69) is 30.4 Å². The number of ether oxygens (including phenoxy) is 2. The van der Waals surface area contributed by atoms with E-state index in [1.165, 1.54) is 18.2 Å². The third kappa shape index (κ3) is 5.37. The minimum absolute atomic E-state index is 0.00200. The zero-order chi connectivity index (χ0) is 20.8. The number of nitrogens with one attached hydrogen (secondary N) is 2. The van der Waals surface area contributed by atoms with Gasteiger partial charge in [0, 0.05) is 38.7 Å². The number of hydrogen-bond donors (Lipinski definition) is 2. The van der Waals surface area contributed by atoms with Crippen LogP contribution in [0, 0.1) is 5.82 Å². The van der Waals surface area contributed by atoms with Crippen molar-refractivity contribution < 1.29 is 22.6 Å². The van der Waals surface area contributed by atoms with Gasteiger partial charge in [-0.25, -0.2) is 14.1 Å². The Morgan fingerprint density at radius 2 is 2.24 bits per heavy atom. The molecule has 8 nitrogen and oxygen atoms in total. The van der Waals surface area contributed by atoms with Crippen LogP contribution in [0.4, 0.5) is 13.2 Å². The van der Waals surface area contributed by atoms with E-state index in [-0.39, 0.29) is 23.9 Å². The van der Waals surface area contributed by atoms with Gasteiger partial charge in [-0.2, -0.15) is 13.9 Å². The Labute approximate surface area is 166 Å². The number of aryl methyl sites for hydroxylation is 1. The van der Waals surface area contributed by atoms with E-state index in [4.69, 9.17) is 4.74 Å². The monoisotopic (exact) mass is 412 g/mol. The Morgan fingerprint density at radius 1 is 1.41 bits per heavy atom. The minimum atomic E-state index is -3.03. The van der Waals surface area contributed by atoms with Crippen molar-refractivity contribution in [3.05, 3.63) is 41.2 Å². The molecule has 1 aromatic carbocycles.